The summed E-state index contributed by atoms with van der Waals surface area (Å²) in [6.45, 7) is 0.343. The van der Waals surface area contributed by atoms with Crippen LogP contribution in [0.25, 0.3) is 0 Å². The van der Waals surface area contributed by atoms with Gasteiger partial charge in [-0.15, -0.1) is 0 Å². The maximum atomic E-state index is 5.43. The Labute approximate surface area is 89.8 Å². The first-order valence-corrected chi connectivity index (χ1v) is 4.92. The van der Waals surface area contributed by atoms with Crippen LogP contribution in [0.1, 0.15) is 5.89 Å². The molecule has 0 radical (unpaired) electrons. The average Bonchev–Trinajstić information content (AvgIpc) is 2.63. The highest BCUT2D eigenvalue weighted by molar-refractivity contribution is 9.10. The van der Waals surface area contributed by atoms with E-state index in [-0.39, 0.29) is 0 Å². The first-order chi connectivity index (χ1) is 6.84. The van der Waals surface area contributed by atoms with Crippen molar-refractivity contribution in [1.82, 2.24) is 4.98 Å². The molecule has 0 aliphatic heterocycles. The molecule has 2 rings (SSSR count). The lowest BCUT2D eigenvalue weighted by Gasteiger charge is -2.01. The largest absolute Gasteiger partial charge is 0.484 e. The highest BCUT2D eigenvalue weighted by Gasteiger charge is 2.01. The van der Waals surface area contributed by atoms with E-state index in [9.17, 15) is 0 Å². The van der Waals surface area contributed by atoms with E-state index in [0.717, 1.165) is 5.75 Å². The van der Waals surface area contributed by atoms with Crippen LogP contribution in [0.5, 0.6) is 5.75 Å². The molecule has 0 aliphatic carbocycles. The Balaban J connectivity index is 1.95. The number of aromatic nitrogens is 1. The van der Waals surface area contributed by atoms with Gasteiger partial charge in [0.1, 0.15) is 5.75 Å². The van der Waals surface area contributed by atoms with Gasteiger partial charge in [0.25, 0.3) is 0 Å². The molecule has 0 saturated heterocycles. The molecular weight excluding hydrogens is 246 g/mol. The van der Waals surface area contributed by atoms with E-state index >= 15 is 0 Å². The van der Waals surface area contributed by atoms with Crippen molar-refractivity contribution in [3.8, 4) is 5.75 Å². The highest BCUT2D eigenvalue weighted by Crippen LogP contribution is 2.14. The Hall–Kier alpha value is -1.29. The van der Waals surface area contributed by atoms with Gasteiger partial charge in [0.15, 0.2) is 11.3 Å². The zero-order valence-electron chi connectivity index (χ0n) is 7.31. The number of ether oxygens (including phenoxy) is 1. The van der Waals surface area contributed by atoms with Crippen molar-refractivity contribution in [2.75, 3.05) is 0 Å². The van der Waals surface area contributed by atoms with Crippen molar-refractivity contribution in [2.24, 2.45) is 0 Å². The van der Waals surface area contributed by atoms with E-state index in [1.54, 1.807) is 6.20 Å². The third-order valence-electron chi connectivity index (χ3n) is 1.63. The lowest BCUT2D eigenvalue weighted by molar-refractivity contribution is 0.260. The molecular formula is C10H8BrNO2. The quantitative estimate of drug-likeness (QED) is 0.844. The van der Waals surface area contributed by atoms with E-state index in [4.69, 9.17) is 9.15 Å². The van der Waals surface area contributed by atoms with Gasteiger partial charge in [0, 0.05) is 0 Å². The number of oxazole rings is 1. The second-order valence-corrected chi connectivity index (χ2v) is 3.44. The van der Waals surface area contributed by atoms with E-state index < -0.39 is 0 Å². The van der Waals surface area contributed by atoms with Crippen molar-refractivity contribution in [3.05, 3.63) is 47.1 Å². The van der Waals surface area contributed by atoms with Crippen LogP contribution in [-0.2, 0) is 6.61 Å². The predicted octanol–water partition coefficient (Wildman–Crippen LogP) is 3.02. The van der Waals surface area contributed by atoms with Crippen LogP contribution in [-0.4, -0.2) is 4.98 Å². The third-order valence-corrected chi connectivity index (χ3v) is 2.00. The number of rotatable bonds is 3. The van der Waals surface area contributed by atoms with Crippen LogP contribution in [0.4, 0.5) is 0 Å². The van der Waals surface area contributed by atoms with Gasteiger partial charge < -0.3 is 9.15 Å². The summed E-state index contributed by atoms with van der Waals surface area (Å²) < 4.78 is 11.2. The molecule has 0 spiro atoms. The standard InChI is InChI=1S/C10H8BrNO2/c11-9-6-12-10(14-9)7-13-8-4-2-1-3-5-8/h1-6H,7H2. The van der Waals surface area contributed by atoms with Crippen molar-refractivity contribution in [1.29, 1.82) is 0 Å². The van der Waals surface area contributed by atoms with Gasteiger partial charge in [-0.2, -0.15) is 0 Å². The predicted molar refractivity (Wildman–Crippen MR) is 55.0 cm³/mol. The van der Waals surface area contributed by atoms with Gasteiger partial charge in [0.2, 0.25) is 5.89 Å². The summed E-state index contributed by atoms with van der Waals surface area (Å²) in [5, 5.41) is 0. The van der Waals surface area contributed by atoms with Crippen LogP contribution in [0, 0.1) is 0 Å². The Morgan fingerprint density at radius 2 is 2.07 bits per heavy atom. The minimum absolute atomic E-state index is 0.343. The van der Waals surface area contributed by atoms with E-state index in [2.05, 4.69) is 20.9 Å². The molecule has 0 fully saturated rings. The zero-order chi connectivity index (χ0) is 9.80. The molecule has 1 heterocycles. The molecule has 0 saturated carbocycles. The molecule has 1 aromatic heterocycles. The molecule has 0 atom stereocenters. The number of nitrogens with zero attached hydrogens (tertiary/aromatic N) is 1. The molecule has 72 valence electrons. The molecule has 14 heavy (non-hydrogen) atoms. The summed E-state index contributed by atoms with van der Waals surface area (Å²) in [6, 6.07) is 9.55. The summed E-state index contributed by atoms with van der Waals surface area (Å²) in [5.74, 6) is 1.36. The fraction of sp³-hybridized carbons (Fsp3) is 0.100. The van der Waals surface area contributed by atoms with E-state index in [0.29, 0.717) is 17.2 Å². The first-order valence-electron chi connectivity index (χ1n) is 4.12. The Morgan fingerprint density at radius 1 is 1.29 bits per heavy atom. The number of para-hydroxylation sites is 1. The molecule has 0 unspecified atom stereocenters. The van der Waals surface area contributed by atoms with Gasteiger partial charge in [-0.3, -0.25) is 0 Å². The fourth-order valence-corrected chi connectivity index (χ4v) is 1.31. The lowest BCUT2D eigenvalue weighted by atomic mass is 10.3. The second kappa shape index (κ2) is 4.28. The SMILES string of the molecule is Brc1cnc(COc2ccccc2)o1. The summed E-state index contributed by atoms with van der Waals surface area (Å²) in [5.41, 5.74) is 0. The van der Waals surface area contributed by atoms with Crippen LogP contribution in [0.15, 0.2) is 45.6 Å². The van der Waals surface area contributed by atoms with Gasteiger partial charge in [-0.25, -0.2) is 4.98 Å². The molecule has 0 amide bonds. The van der Waals surface area contributed by atoms with Crippen molar-refractivity contribution >= 4 is 15.9 Å². The smallest absolute Gasteiger partial charge is 0.233 e. The zero-order valence-corrected chi connectivity index (χ0v) is 8.90. The Kier molecular flexibility index (Phi) is 2.84. The maximum Gasteiger partial charge on any atom is 0.233 e. The number of hydrogen-bond acceptors (Lipinski definition) is 3. The average molecular weight is 254 g/mol. The minimum Gasteiger partial charge on any atom is -0.484 e. The summed E-state index contributed by atoms with van der Waals surface area (Å²) in [4.78, 5) is 3.99. The van der Waals surface area contributed by atoms with Crippen LogP contribution in [0.2, 0.25) is 0 Å². The molecule has 1 aromatic carbocycles. The Bertz CT molecular complexity index is 400. The molecule has 0 N–H and O–H groups in total. The normalized spacial score (nSPS) is 10.1. The summed E-state index contributed by atoms with van der Waals surface area (Å²) in [6.07, 6.45) is 1.60. The molecule has 4 heteroatoms. The number of benzene rings is 1. The maximum absolute atomic E-state index is 5.43. The summed E-state index contributed by atoms with van der Waals surface area (Å²) >= 11 is 3.17. The Morgan fingerprint density at radius 3 is 2.71 bits per heavy atom. The lowest BCUT2D eigenvalue weighted by Crippen LogP contribution is -1.94. The topological polar surface area (TPSA) is 35.3 Å². The van der Waals surface area contributed by atoms with Gasteiger partial charge in [0.05, 0.1) is 6.20 Å². The van der Waals surface area contributed by atoms with Crippen molar-refractivity contribution in [2.45, 2.75) is 6.61 Å². The van der Waals surface area contributed by atoms with Gasteiger partial charge in [-0.1, -0.05) is 18.2 Å². The van der Waals surface area contributed by atoms with Crippen LogP contribution in [0.3, 0.4) is 0 Å². The van der Waals surface area contributed by atoms with Crippen LogP contribution >= 0.6 is 15.9 Å². The van der Waals surface area contributed by atoms with Gasteiger partial charge >= 0.3 is 0 Å². The van der Waals surface area contributed by atoms with Crippen molar-refractivity contribution < 1.29 is 9.15 Å². The van der Waals surface area contributed by atoms with E-state index in [1.165, 1.54) is 0 Å². The third kappa shape index (κ3) is 2.35. The molecule has 0 aliphatic rings. The first kappa shape index (κ1) is 9.27. The molecule has 2 aromatic rings. The van der Waals surface area contributed by atoms with E-state index in [1.807, 2.05) is 30.3 Å². The highest BCUT2D eigenvalue weighted by atomic mass is 79.9. The monoisotopic (exact) mass is 253 g/mol. The number of hydrogen-bond donors (Lipinski definition) is 0. The van der Waals surface area contributed by atoms with Crippen LogP contribution < -0.4 is 4.74 Å². The second-order valence-electron chi connectivity index (χ2n) is 2.66. The molecule has 3 nitrogen and oxygen atoms in total. The molecule has 0 bridgehead atoms. The fourth-order valence-electron chi connectivity index (χ4n) is 1.02. The van der Waals surface area contributed by atoms with Crippen molar-refractivity contribution in [3.63, 3.8) is 0 Å². The summed E-state index contributed by atoms with van der Waals surface area (Å²) in [7, 11) is 0. The minimum atomic E-state index is 0.343. The van der Waals surface area contributed by atoms with Gasteiger partial charge in [-0.05, 0) is 28.1 Å². The number of halogens is 1.